The Labute approximate surface area is 120 Å². The van der Waals surface area contributed by atoms with Crippen LogP contribution in [0, 0.1) is 0 Å². The molecule has 0 aromatic carbocycles. The van der Waals surface area contributed by atoms with Crippen LogP contribution < -0.4 is 5.32 Å². The minimum Gasteiger partial charge on any atom is -0.478 e. The molecule has 5 nitrogen and oxygen atoms in total. The first-order valence-corrected chi connectivity index (χ1v) is 7.04. The van der Waals surface area contributed by atoms with E-state index < -0.39 is 5.97 Å². The number of rotatable bonds is 6. The lowest BCUT2D eigenvalue weighted by molar-refractivity contribution is -0.116. The van der Waals surface area contributed by atoms with E-state index in [1.165, 1.54) is 23.2 Å². The maximum Gasteiger partial charge on any atom is 0.337 e. The van der Waals surface area contributed by atoms with Crippen LogP contribution in [0.1, 0.15) is 28.1 Å². The van der Waals surface area contributed by atoms with Crippen molar-refractivity contribution >= 4 is 29.0 Å². The third kappa shape index (κ3) is 4.17. The fourth-order valence-electron chi connectivity index (χ4n) is 1.68. The first kappa shape index (κ1) is 14.2. The van der Waals surface area contributed by atoms with Gasteiger partial charge in [0, 0.05) is 17.5 Å². The lowest BCUT2D eigenvalue weighted by Crippen LogP contribution is -2.12. The summed E-state index contributed by atoms with van der Waals surface area (Å²) in [5, 5.41) is 13.4. The summed E-state index contributed by atoms with van der Waals surface area (Å²) in [5.41, 5.74) is 0.0979. The van der Waals surface area contributed by atoms with E-state index in [1.807, 2.05) is 11.4 Å². The zero-order valence-electron chi connectivity index (χ0n) is 10.7. The number of carbonyl (C=O) groups is 2. The van der Waals surface area contributed by atoms with Crippen molar-refractivity contribution in [1.82, 2.24) is 4.98 Å². The number of aromatic carboxylic acids is 1. The van der Waals surface area contributed by atoms with Gasteiger partial charge in [-0.15, -0.1) is 11.3 Å². The Bertz CT molecular complexity index is 579. The van der Waals surface area contributed by atoms with Crippen LogP contribution in [0.5, 0.6) is 0 Å². The molecule has 0 aliphatic heterocycles. The Hall–Kier alpha value is -2.21. The Morgan fingerprint density at radius 2 is 2.15 bits per heavy atom. The maximum atomic E-state index is 11.7. The molecule has 0 unspecified atom stereocenters. The Morgan fingerprint density at radius 3 is 2.75 bits per heavy atom. The number of pyridine rings is 1. The van der Waals surface area contributed by atoms with Gasteiger partial charge < -0.3 is 10.4 Å². The van der Waals surface area contributed by atoms with Gasteiger partial charge in [0.2, 0.25) is 5.91 Å². The molecular formula is C14H14N2O3S. The quantitative estimate of drug-likeness (QED) is 0.857. The number of carboxylic acids is 1. The maximum absolute atomic E-state index is 11.7. The second-order valence-electron chi connectivity index (χ2n) is 4.22. The van der Waals surface area contributed by atoms with E-state index in [1.54, 1.807) is 11.3 Å². The molecule has 0 saturated heterocycles. The first-order chi connectivity index (χ1) is 9.65. The summed E-state index contributed by atoms with van der Waals surface area (Å²) in [6.07, 6.45) is 3.31. The standard InChI is InChI=1S/C14H14N2O3S/c17-13(5-1-3-11-4-2-8-20-11)16-12-7-6-10(9-15-12)14(18)19/h2,4,6-9H,1,3,5H2,(H,18,19)(H,15,16,17). The van der Waals surface area contributed by atoms with Crippen LogP contribution in [-0.4, -0.2) is 22.0 Å². The summed E-state index contributed by atoms with van der Waals surface area (Å²) in [7, 11) is 0. The van der Waals surface area contributed by atoms with Crippen LogP contribution >= 0.6 is 11.3 Å². The monoisotopic (exact) mass is 290 g/mol. The molecule has 2 heterocycles. The van der Waals surface area contributed by atoms with Gasteiger partial charge in [-0.2, -0.15) is 0 Å². The molecule has 0 saturated carbocycles. The van der Waals surface area contributed by atoms with Crippen LogP contribution in [0.2, 0.25) is 0 Å². The average molecular weight is 290 g/mol. The fourth-order valence-corrected chi connectivity index (χ4v) is 2.43. The molecule has 2 aromatic rings. The minimum atomic E-state index is -1.04. The van der Waals surface area contributed by atoms with Gasteiger partial charge >= 0.3 is 5.97 Å². The smallest absolute Gasteiger partial charge is 0.337 e. The average Bonchev–Trinajstić information content (AvgIpc) is 2.92. The lowest BCUT2D eigenvalue weighted by Gasteiger charge is -2.04. The summed E-state index contributed by atoms with van der Waals surface area (Å²) in [5.74, 6) is -0.778. The first-order valence-electron chi connectivity index (χ1n) is 6.17. The predicted molar refractivity (Wildman–Crippen MR) is 77.1 cm³/mol. The molecule has 1 amide bonds. The summed E-state index contributed by atoms with van der Waals surface area (Å²) in [4.78, 5) is 27.5. The largest absolute Gasteiger partial charge is 0.478 e. The highest BCUT2D eigenvalue weighted by Crippen LogP contribution is 2.12. The number of carbonyl (C=O) groups excluding carboxylic acids is 1. The Morgan fingerprint density at radius 1 is 1.30 bits per heavy atom. The zero-order chi connectivity index (χ0) is 14.4. The number of aryl methyl sites for hydroxylation is 1. The van der Waals surface area contributed by atoms with Crippen molar-refractivity contribution < 1.29 is 14.7 Å². The topological polar surface area (TPSA) is 79.3 Å². The summed E-state index contributed by atoms with van der Waals surface area (Å²) in [6.45, 7) is 0. The molecule has 0 atom stereocenters. The Balaban J connectivity index is 1.77. The summed E-state index contributed by atoms with van der Waals surface area (Å²) >= 11 is 1.68. The van der Waals surface area contributed by atoms with Gasteiger partial charge in [-0.3, -0.25) is 4.79 Å². The van der Waals surface area contributed by atoms with Crippen molar-refractivity contribution in [3.05, 3.63) is 46.3 Å². The second kappa shape index (κ2) is 6.81. The Kier molecular flexibility index (Phi) is 4.84. The van der Waals surface area contributed by atoms with Gasteiger partial charge in [0.1, 0.15) is 5.82 Å². The second-order valence-corrected chi connectivity index (χ2v) is 5.25. The number of nitrogens with zero attached hydrogens (tertiary/aromatic N) is 1. The van der Waals surface area contributed by atoms with Crippen molar-refractivity contribution in [2.45, 2.75) is 19.3 Å². The molecule has 104 valence electrons. The normalized spacial score (nSPS) is 10.2. The molecule has 2 N–H and O–H groups in total. The number of aromatic nitrogens is 1. The number of carboxylic acid groups (broad SMARTS) is 1. The van der Waals surface area contributed by atoms with E-state index in [4.69, 9.17) is 5.11 Å². The van der Waals surface area contributed by atoms with Crippen molar-refractivity contribution in [3.8, 4) is 0 Å². The third-order valence-corrected chi connectivity index (χ3v) is 3.62. The van der Waals surface area contributed by atoms with Gasteiger partial charge in [-0.1, -0.05) is 6.07 Å². The minimum absolute atomic E-state index is 0.0979. The van der Waals surface area contributed by atoms with Crippen molar-refractivity contribution in [1.29, 1.82) is 0 Å². The number of nitrogens with one attached hydrogen (secondary N) is 1. The molecule has 2 rings (SSSR count). The van der Waals surface area contributed by atoms with Crippen LogP contribution in [0.25, 0.3) is 0 Å². The number of amides is 1. The molecule has 6 heteroatoms. The van der Waals surface area contributed by atoms with Gasteiger partial charge in [0.05, 0.1) is 5.56 Å². The SMILES string of the molecule is O=C(CCCc1cccs1)Nc1ccc(C(=O)O)cn1. The van der Waals surface area contributed by atoms with E-state index in [9.17, 15) is 9.59 Å². The molecule has 0 spiro atoms. The molecule has 0 aliphatic carbocycles. The van der Waals surface area contributed by atoms with Crippen molar-refractivity contribution in [2.24, 2.45) is 0 Å². The van der Waals surface area contributed by atoms with Gasteiger partial charge in [0.25, 0.3) is 0 Å². The van der Waals surface area contributed by atoms with Crippen LogP contribution in [0.4, 0.5) is 5.82 Å². The molecular weight excluding hydrogens is 276 g/mol. The zero-order valence-corrected chi connectivity index (χ0v) is 11.5. The highest BCUT2D eigenvalue weighted by molar-refractivity contribution is 7.09. The molecule has 2 aromatic heterocycles. The lowest BCUT2D eigenvalue weighted by atomic mass is 10.2. The van der Waals surface area contributed by atoms with E-state index in [-0.39, 0.29) is 11.5 Å². The van der Waals surface area contributed by atoms with Crippen LogP contribution in [-0.2, 0) is 11.2 Å². The third-order valence-electron chi connectivity index (χ3n) is 2.69. The van der Waals surface area contributed by atoms with Gasteiger partial charge in [0.15, 0.2) is 0 Å². The number of hydrogen-bond donors (Lipinski definition) is 2. The van der Waals surface area contributed by atoms with Gasteiger partial charge in [-0.05, 0) is 36.4 Å². The molecule has 20 heavy (non-hydrogen) atoms. The van der Waals surface area contributed by atoms with Crippen molar-refractivity contribution in [2.75, 3.05) is 5.32 Å². The van der Waals surface area contributed by atoms with Crippen LogP contribution in [0.3, 0.4) is 0 Å². The van der Waals surface area contributed by atoms with E-state index in [2.05, 4.69) is 16.4 Å². The number of thiophene rings is 1. The van der Waals surface area contributed by atoms with E-state index >= 15 is 0 Å². The summed E-state index contributed by atoms with van der Waals surface area (Å²) in [6, 6.07) is 6.94. The summed E-state index contributed by atoms with van der Waals surface area (Å²) < 4.78 is 0. The number of hydrogen-bond acceptors (Lipinski definition) is 4. The van der Waals surface area contributed by atoms with Gasteiger partial charge in [-0.25, -0.2) is 9.78 Å². The van der Waals surface area contributed by atoms with Crippen molar-refractivity contribution in [3.63, 3.8) is 0 Å². The predicted octanol–water partition coefficient (Wildman–Crippen LogP) is 2.80. The van der Waals surface area contributed by atoms with Crippen LogP contribution in [0.15, 0.2) is 35.8 Å². The molecule has 0 fully saturated rings. The van der Waals surface area contributed by atoms with E-state index in [0.717, 1.165) is 12.8 Å². The highest BCUT2D eigenvalue weighted by atomic mass is 32.1. The highest BCUT2D eigenvalue weighted by Gasteiger charge is 2.06. The van der Waals surface area contributed by atoms with E-state index in [0.29, 0.717) is 12.2 Å². The molecule has 0 radical (unpaired) electrons. The number of anilines is 1. The molecule has 0 aliphatic rings. The molecule has 0 bridgehead atoms. The fraction of sp³-hybridized carbons (Fsp3) is 0.214.